The predicted octanol–water partition coefficient (Wildman–Crippen LogP) is 2.91. The van der Waals surface area contributed by atoms with Crippen LogP contribution < -0.4 is 10.0 Å². The zero-order valence-electron chi connectivity index (χ0n) is 13.2. The largest absolute Gasteiger partial charge is 0.325 e. The average molecular weight is 362 g/mol. The molecule has 0 fully saturated rings. The summed E-state index contributed by atoms with van der Waals surface area (Å²) in [7, 11) is -3.65. The maximum Gasteiger partial charge on any atom is 0.240 e. The molecule has 5 nitrogen and oxygen atoms in total. The van der Waals surface area contributed by atoms with Crippen molar-refractivity contribution in [1.82, 2.24) is 4.72 Å². The molecule has 0 saturated heterocycles. The fourth-order valence-electron chi connectivity index (χ4n) is 2.43. The van der Waals surface area contributed by atoms with Gasteiger partial charge in [0.25, 0.3) is 0 Å². The molecular weight excluding hydrogens is 344 g/mol. The number of aryl methyl sites for hydroxylation is 1. The highest BCUT2D eigenvalue weighted by Crippen LogP contribution is 2.32. The van der Waals surface area contributed by atoms with Gasteiger partial charge in [-0.25, -0.2) is 13.1 Å². The summed E-state index contributed by atoms with van der Waals surface area (Å²) in [6, 6.07) is 12.5. The second-order valence-electron chi connectivity index (χ2n) is 5.56. The monoisotopic (exact) mass is 362 g/mol. The summed E-state index contributed by atoms with van der Waals surface area (Å²) in [5.74, 6) is 0.597. The topological polar surface area (TPSA) is 75.3 Å². The highest BCUT2D eigenvalue weighted by atomic mass is 32.2. The van der Waals surface area contributed by atoms with Crippen LogP contribution in [0.3, 0.4) is 0 Å². The number of benzene rings is 2. The number of carbonyl (C=O) groups is 1. The van der Waals surface area contributed by atoms with Crippen LogP contribution >= 0.6 is 11.8 Å². The summed E-state index contributed by atoms with van der Waals surface area (Å²) in [6.45, 7) is 2.17. The third kappa shape index (κ3) is 3.80. The number of hydrogen-bond acceptors (Lipinski definition) is 4. The second kappa shape index (κ2) is 6.96. The van der Waals surface area contributed by atoms with Crippen molar-refractivity contribution in [3.05, 3.63) is 53.6 Å². The number of amides is 1. The first kappa shape index (κ1) is 17.0. The van der Waals surface area contributed by atoms with E-state index in [9.17, 15) is 13.2 Å². The minimum Gasteiger partial charge on any atom is -0.325 e. The number of fused-ring (bicyclic) bond motifs is 1. The molecule has 0 radical (unpaired) electrons. The predicted molar refractivity (Wildman–Crippen MR) is 95.6 cm³/mol. The molecule has 0 bridgehead atoms. The van der Waals surface area contributed by atoms with Gasteiger partial charge in [0.05, 0.1) is 10.6 Å². The molecule has 24 heavy (non-hydrogen) atoms. The lowest BCUT2D eigenvalue weighted by molar-refractivity contribution is -0.115. The molecule has 0 aromatic heterocycles. The Balaban J connectivity index is 1.82. The van der Waals surface area contributed by atoms with E-state index in [-0.39, 0.29) is 17.3 Å². The van der Waals surface area contributed by atoms with E-state index in [1.54, 1.807) is 23.9 Å². The Morgan fingerprint density at radius 3 is 2.79 bits per heavy atom. The fraction of sp³-hybridized carbons (Fsp3) is 0.235. The van der Waals surface area contributed by atoms with E-state index in [1.165, 1.54) is 6.07 Å². The van der Waals surface area contributed by atoms with Gasteiger partial charge in [-0.3, -0.25) is 4.79 Å². The van der Waals surface area contributed by atoms with E-state index >= 15 is 0 Å². The fourth-order valence-corrected chi connectivity index (χ4v) is 4.40. The lowest BCUT2D eigenvalue weighted by atomic mass is 10.1. The van der Waals surface area contributed by atoms with E-state index in [0.717, 1.165) is 16.0 Å². The number of thioether (sulfide) groups is 1. The molecule has 0 spiro atoms. The van der Waals surface area contributed by atoms with Crippen LogP contribution in [0.4, 0.5) is 5.69 Å². The van der Waals surface area contributed by atoms with Crippen molar-refractivity contribution in [2.24, 2.45) is 0 Å². The molecule has 1 aliphatic heterocycles. The van der Waals surface area contributed by atoms with Crippen LogP contribution in [0.1, 0.15) is 17.5 Å². The standard InChI is InChI=1S/C17H18N2O3S2/c1-12-4-2-3-5-13(12)11-18-24(21,22)14-6-7-16-15(10-14)19-17(20)8-9-23-16/h2-7,10,18H,8-9,11H2,1H3,(H,19,20). The summed E-state index contributed by atoms with van der Waals surface area (Å²) < 4.78 is 27.7. The zero-order valence-corrected chi connectivity index (χ0v) is 14.8. The minimum absolute atomic E-state index is 0.0938. The minimum atomic E-state index is -3.65. The van der Waals surface area contributed by atoms with Gasteiger partial charge in [-0.2, -0.15) is 0 Å². The number of carbonyl (C=O) groups excluding carboxylic acids is 1. The van der Waals surface area contributed by atoms with E-state index in [1.807, 2.05) is 31.2 Å². The van der Waals surface area contributed by atoms with Crippen molar-refractivity contribution < 1.29 is 13.2 Å². The van der Waals surface area contributed by atoms with Crippen LogP contribution in [-0.4, -0.2) is 20.1 Å². The molecule has 1 amide bonds. The van der Waals surface area contributed by atoms with Crippen LogP contribution in [0.15, 0.2) is 52.3 Å². The maximum absolute atomic E-state index is 12.5. The van der Waals surface area contributed by atoms with Gasteiger partial charge < -0.3 is 5.32 Å². The first-order valence-electron chi connectivity index (χ1n) is 7.56. The normalized spacial score (nSPS) is 14.6. The summed E-state index contributed by atoms with van der Waals surface area (Å²) in [6.07, 6.45) is 0.424. The lowest BCUT2D eigenvalue weighted by Crippen LogP contribution is -2.23. The van der Waals surface area contributed by atoms with E-state index in [4.69, 9.17) is 0 Å². The zero-order chi connectivity index (χ0) is 17.2. The molecule has 1 heterocycles. The molecular formula is C17H18N2O3S2. The van der Waals surface area contributed by atoms with Gasteiger partial charge in [0.1, 0.15) is 0 Å². The molecule has 2 aromatic rings. The van der Waals surface area contributed by atoms with Gasteiger partial charge in [0, 0.05) is 23.6 Å². The van der Waals surface area contributed by atoms with Crippen LogP contribution in [0.2, 0.25) is 0 Å². The van der Waals surface area contributed by atoms with E-state index in [0.29, 0.717) is 17.9 Å². The van der Waals surface area contributed by atoms with Gasteiger partial charge in [-0.05, 0) is 36.2 Å². The Labute approximate surface area is 145 Å². The lowest BCUT2D eigenvalue weighted by Gasteiger charge is -2.11. The maximum atomic E-state index is 12.5. The summed E-state index contributed by atoms with van der Waals surface area (Å²) >= 11 is 1.55. The molecule has 126 valence electrons. The number of rotatable bonds is 4. The van der Waals surface area contributed by atoms with Crippen molar-refractivity contribution in [3.8, 4) is 0 Å². The van der Waals surface area contributed by atoms with E-state index < -0.39 is 10.0 Å². The van der Waals surface area contributed by atoms with Crippen LogP contribution in [0, 0.1) is 6.92 Å². The quantitative estimate of drug-likeness (QED) is 0.877. The summed E-state index contributed by atoms with van der Waals surface area (Å²) in [5.41, 5.74) is 2.52. The highest BCUT2D eigenvalue weighted by Gasteiger charge is 2.19. The van der Waals surface area contributed by atoms with Crippen molar-refractivity contribution in [2.45, 2.75) is 29.7 Å². The SMILES string of the molecule is Cc1ccccc1CNS(=O)(=O)c1ccc2c(c1)NC(=O)CCS2. The first-order valence-corrected chi connectivity index (χ1v) is 10.0. The van der Waals surface area contributed by atoms with Gasteiger partial charge in [0.2, 0.25) is 15.9 Å². The molecule has 1 aliphatic rings. The Bertz CT molecular complexity index is 879. The average Bonchev–Trinajstić information content (AvgIpc) is 2.74. The molecule has 3 rings (SSSR count). The molecule has 7 heteroatoms. The molecule has 0 aliphatic carbocycles. The Kier molecular flexibility index (Phi) is 4.93. The smallest absolute Gasteiger partial charge is 0.240 e. The van der Waals surface area contributed by atoms with E-state index in [2.05, 4.69) is 10.0 Å². The molecule has 0 saturated carbocycles. The van der Waals surface area contributed by atoms with Crippen LogP contribution in [-0.2, 0) is 21.4 Å². The van der Waals surface area contributed by atoms with Crippen molar-refractivity contribution in [2.75, 3.05) is 11.1 Å². The highest BCUT2D eigenvalue weighted by molar-refractivity contribution is 7.99. The van der Waals surface area contributed by atoms with Gasteiger partial charge >= 0.3 is 0 Å². The third-order valence-corrected chi connectivity index (χ3v) is 6.31. The number of sulfonamides is 1. The van der Waals surface area contributed by atoms with Crippen molar-refractivity contribution in [3.63, 3.8) is 0 Å². The Hall–Kier alpha value is -1.83. The third-order valence-electron chi connectivity index (χ3n) is 3.84. The molecule has 0 unspecified atom stereocenters. The summed E-state index contributed by atoms with van der Waals surface area (Å²) in [4.78, 5) is 12.7. The molecule has 0 atom stereocenters. The second-order valence-corrected chi connectivity index (χ2v) is 8.46. The number of anilines is 1. The van der Waals surface area contributed by atoms with Gasteiger partial charge in [0.15, 0.2) is 0 Å². The van der Waals surface area contributed by atoms with Gasteiger partial charge in [-0.1, -0.05) is 24.3 Å². The van der Waals surface area contributed by atoms with Crippen molar-refractivity contribution >= 4 is 33.4 Å². The molecule has 2 aromatic carbocycles. The van der Waals surface area contributed by atoms with Crippen LogP contribution in [0.5, 0.6) is 0 Å². The number of hydrogen-bond donors (Lipinski definition) is 2. The number of nitrogens with one attached hydrogen (secondary N) is 2. The molecule has 2 N–H and O–H groups in total. The summed E-state index contributed by atoms with van der Waals surface area (Å²) in [5, 5.41) is 2.77. The van der Waals surface area contributed by atoms with Crippen molar-refractivity contribution in [1.29, 1.82) is 0 Å². The Morgan fingerprint density at radius 1 is 1.21 bits per heavy atom. The Morgan fingerprint density at radius 2 is 2.00 bits per heavy atom. The van der Waals surface area contributed by atoms with Gasteiger partial charge in [-0.15, -0.1) is 11.8 Å². The first-order chi connectivity index (χ1) is 11.5. The van der Waals surface area contributed by atoms with Crippen LogP contribution in [0.25, 0.3) is 0 Å².